The molecule has 0 aliphatic carbocycles. The zero-order valence-corrected chi connectivity index (χ0v) is 13.3. The van der Waals surface area contributed by atoms with Gasteiger partial charge in [-0.1, -0.05) is 0 Å². The van der Waals surface area contributed by atoms with Crippen molar-refractivity contribution in [2.24, 2.45) is 0 Å². The molecule has 0 radical (unpaired) electrons. The fraction of sp³-hybridized carbons (Fsp3) is 0.385. The number of methoxy groups -OCH3 is 1. The van der Waals surface area contributed by atoms with Crippen LogP contribution in [-0.2, 0) is 19.6 Å². The van der Waals surface area contributed by atoms with E-state index in [0.717, 1.165) is 4.31 Å². The standard InChI is InChI=1S/C13H18N2O6S/c1-9(16)14-10-4-5-11(21-3)12(8-10)22(19,20)15(2)7-6-13(17)18/h4-5,8H,6-7H2,1-3H3,(H,14,16)(H,17,18). The van der Waals surface area contributed by atoms with Gasteiger partial charge in [0, 0.05) is 26.2 Å². The Balaban J connectivity index is 3.20. The Labute approximate surface area is 128 Å². The molecule has 0 aromatic heterocycles. The average Bonchev–Trinajstić information content (AvgIpc) is 2.43. The van der Waals surface area contributed by atoms with Gasteiger partial charge in [0.15, 0.2) is 0 Å². The van der Waals surface area contributed by atoms with Crippen LogP contribution < -0.4 is 10.1 Å². The van der Waals surface area contributed by atoms with Crippen LogP contribution in [0.3, 0.4) is 0 Å². The first-order valence-corrected chi connectivity index (χ1v) is 7.76. The lowest BCUT2D eigenvalue weighted by molar-refractivity contribution is -0.137. The quantitative estimate of drug-likeness (QED) is 0.763. The highest BCUT2D eigenvalue weighted by Crippen LogP contribution is 2.29. The van der Waals surface area contributed by atoms with Crippen molar-refractivity contribution in [3.05, 3.63) is 18.2 Å². The molecule has 0 unspecified atom stereocenters. The van der Waals surface area contributed by atoms with Crippen molar-refractivity contribution in [3.8, 4) is 5.75 Å². The zero-order valence-electron chi connectivity index (χ0n) is 12.5. The lowest BCUT2D eigenvalue weighted by atomic mass is 10.3. The van der Waals surface area contributed by atoms with Gasteiger partial charge >= 0.3 is 5.97 Å². The third kappa shape index (κ3) is 4.43. The van der Waals surface area contributed by atoms with Crippen LogP contribution in [0.2, 0.25) is 0 Å². The fourth-order valence-electron chi connectivity index (χ4n) is 1.70. The van der Waals surface area contributed by atoms with E-state index in [1.165, 1.54) is 39.3 Å². The average molecular weight is 330 g/mol. The summed E-state index contributed by atoms with van der Waals surface area (Å²) in [6.45, 7) is 1.13. The maximum Gasteiger partial charge on any atom is 0.304 e. The van der Waals surface area contributed by atoms with Crippen LogP contribution in [0.15, 0.2) is 23.1 Å². The normalized spacial score (nSPS) is 11.3. The molecule has 0 atom stereocenters. The number of aliphatic carboxylic acids is 1. The van der Waals surface area contributed by atoms with Crippen molar-refractivity contribution in [2.45, 2.75) is 18.2 Å². The molecule has 2 N–H and O–H groups in total. The molecule has 0 saturated heterocycles. The second-order valence-corrected chi connectivity index (χ2v) is 6.53. The number of benzene rings is 1. The Bertz CT molecular complexity index is 671. The molecule has 0 saturated carbocycles. The molecule has 0 heterocycles. The van der Waals surface area contributed by atoms with Crippen molar-refractivity contribution >= 4 is 27.6 Å². The van der Waals surface area contributed by atoms with E-state index in [9.17, 15) is 18.0 Å². The van der Waals surface area contributed by atoms with Crippen LogP contribution >= 0.6 is 0 Å². The number of carboxylic acids is 1. The summed E-state index contributed by atoms with van der Waals surface area (Å²) >= 11 is 0. The monoisotopic (exact) mass is 330 g/mol. The number of nitrogens with one attached hydrogen (secondary N) is 1. The lowest BCUT2D eigenvalue weighted by Gasteiger charge is -2.18. The van der Waals surface area contributed by atoms with Gasteiger partial charge in [0.1, 0.15) is 10.6 Å². The molecular weight excluding hydrogens is 312 g/mol. The summed E-state index contributed by atoms with van der Waals surface area (Å²) in [6.07, 6.45) is -0.316. The molecule has 8 nitrogen and oxygen atoms in total. The molecular formula is C13H18N2O6S. The summed E-state index contributed by atoms with van der Waals surface area (Å²) in [5.41, 5.74) is 0.304. The lowest BCUT2D eigenvalue weighted by Crippen LogP contribution is -2.29. The number of carboxylic acid groups (broad SMARTS) is 1. The number of rotatable bonds is 7. The highest BCUT2D eigenvalue weighted by atomic mass is 32.2. The highest BCUT2D eigenvalue weighted by Gasteiger charge is 2.25. The van der Waals surface area contributed by atoms with Gasteiger partial charge in [-0.25, -0.2) is 12.7 Å². The number of hydrogen-bond donors (Lipinski definition) is 2. The van der Waals surface area contributed by atoms with Crippen molar-refractivity contribution in [3.63, 3.8) is 0 Å². The van der Waals surface area contributed by atoms with E-state index >= 15 is 0 Å². The fourth-order valence-corrected chi connectivity index (χ4v) is 3.05. The van der Waals surface area contributed by atoms with E-state index in [-0.39, 0.29) is 29.5 Å². The number of anilines is 1. The first kappa shape index (κ1) is 17.9. The van der Waals surface area contributed by atoms with Gasteiger partial charge in [0.05, 0.1) is 13.5 Å². The maximum absolute atomic E-state index is 12.5. The molecule has 0 bridgehead atoms. The number of carbonyl (C=O) groups is 2. The van der Waals surface area contributed by atoms with E-state index in [1.807, 2.05) is 0 Å². The van der Waals surface area contributed by atoms with E-state index < -0.39 is 16.0 Å². The number of carbonyl (C=O) groups excluding carboxylic acids is 1. The SMILES string of the molecule is COc1ccc(NC(C)=O)cc1S(=O)(=O)N(C)CCC(=O)O. The molecule has 1 amide bonds. The molecule has 0 aliphatic rings. The van der Waals surface area contributed by atoms with Crippen LogP contribution in [0.4, 0.5) is 5.69 Å². The second-order valence-electron chi connectivity index (χ2n) is 4.52. The molecule has 1 rings (SSSR count). The molecule has 0 fully saturated rings. The van der Waals surface area contributed by atoms with Gasteiger partial charge in [-0.3, -0.25) is 9.59 Å². The molecule has 122 valence electrons. The summed E-state index contributed by atoms with van der Waals surface area (Å²) in [6, 6.07) is 4.20. The van der Waals surface area contributed by atoms with Crippen LogP contribution in [0.1, 0.15) is 13.3 Å². The third-order valence-electron chi connectivity index (χ3n) is 2.81. The van der Waals surface area contributed by atoms with Gasteiger partial charge < -0.3 is 15.2 Å². The molecule has 1 aromatic carbocycles. The summed E-state index contributed by atoms with van der Waals surface area (Å²) in [5, 5.41) is 11.1. The summed E-state index contributed by atoms with van der Waals surface area (Å²) < 4.78 is 31.0. The van der Waals surface area contributed by atoms with Crippen LogP contribution in [0.5, 0.6) is 5.75 Å². The summed E-state index contributed by atoms with van der Waals surface area (Å²) in [5.74, 6) is -1.33. The minimum Gasteiger partial charge on any atom is -0.495 e. The Morgan fingerprint density at radius 2 is 2.00 bits per heavy atom. The molecule has 0 aliphatic heterocycles. The van der Waals surface area contributed by atoms with Crippen molar-refractivity contribution < 1.29 is 27.9 Å². The molecule has 0 spiro atoms. The van der Waals surface area contributed by atoms with Crippen molar-refractivity contribution in [1.29, 1.82) is 0 Å². The van der Waals surface area contributed by atoms with Crippen LogP contribution in [0, 0.1) is 0 Å². The van der Waals surface area contributed by atoms with Gasteiger partial charge in [-0.15, -0.1) is 0 Å². The Morgan fingerprint density at radius 1 is 1.36 bits per heavy atom. The maximum atomic E-state index is 12.5. The van der Waals surface area contributed by atoms with Gasteiger partial charge in [-0.05, 0) is 18.2 Å². The predicted molar refractivity (Wildman–Crippen MR) is 79.4 cm³/mol. The Morgan fingerprint density at radius 3 is 2.50 bits per heavy atom. The first-order valence-electron chi connectivity index (χ1n) is 6.32. The van der Waals surface area contributed by atoms with E-state index in [0.29, 0.717) is 5.69 Å². The van der Waals surface area contributed by atoms with Crippen molar-refractivity contribution in [2.75, 3.05) is 26.0 Å². The first-order chi connectivity index (χ1) is 10.2. The highest BCUT2D eigenvalue weighted by molar-refractivity contribution is 7.89. The number of sulfonamides is 1. The number of amides is 1. The minimum atomic E-state index is -3.94. The topological polar surface area (TPSA) is 113 Å². The van der Waals surface area contributed by atoms with E-state index in [4.69, 9.17) is 9.84 Å². The van der Waals surface area contributed by atoms with Gasteiger partial charge in [-0.2, -0.15) is 0 Å². The van der Waals surface area contributed by atoms with Gasteiger partial charge in [0.25, 0.3) is 0 Å². The smallest absolute Gasteiger partial charge is 0.304 e. The molecule has 22 heavy (non-hydrogen) atoms. The number of hydrogen-bond acceptors (Lipinski definition) is 5. The van der Waals surface area contributed by atoms with Gasteiger partial charge in [0.2, 0.25) is 15.9 Å². The van der Waals surface area contributed by atoms with E-state index in [2.05, 4.69) is 5.32 Å². The predicted octanol–water partition coefficient (Wildman–Crippen LogP) is 0.749. The third-order valence-corrected chi connectivity index (χ3v) is 4.69. The van der Waals surface area contributed by atoms with Crippen LogP contribution in [-0.4, -0.2) is 50.4 Å². The Hall–Kier alpha value is -2.13. The Kier molecular flexibility index (Phi) is 5.89. The molecule has 9 heteroatoms. The largest absolute Gasteiger partial charge is 0.495 e. The summed E-state index contributed by atoms with van der Waals surface area (Å²) in [7, 11) is -1.34. The molecule has 1 aromatic rings. The minimum absolute atomic E-state index is 0.108. The van der Waals surface area contributed by atoms with Crippen molar-refractivity contribution in [1.82, 2.24) is 4.31 Å². The second kappa shape index (κ2) is 7.23. The number of ether oxygens (including phenoxy) is 1. The van der Waals surface area contributed by atoms with Crippen LogP contribution in [0.25, 0.3) is 0 Å². The number of nitrogens with zero attached hydrogens (tertiary/aromatic N) is 1. The zero-order chi connectivity index (χ0) is 16.9. The summed E-state index contributed by atoms with van der Waals surface area (Å²) in [4.78, 5) is 21.5. The van der Waals surface area contributed by atoms with E-state index in [1.54, 1.807) is 0 Å².